The van der Waals surface area contributed by atoms with Gasteiger partial charge >= 0.3 is 5.97 Å². The first kappa shape index (κ1) is 16.7. The highest BCUT2D eigenvalue weighted by Crippen LogP contribution is 2.18. The van der Waals surface area contributed by atoms with Crippen LogP contribution in [-0.2, 0) is 9.59 Å². The second kappa shape index (κ2) is 7.61. The molecule has 2 saturated heterocycles. The molecule has 3 heterocycles. The van der Waals surface area contributed by atoms with Crippen LogP contribution in [0.2, 0.25) is 0 Å². The van der Waals surface area contributed by atoms with Gasteiger partial charge in [-0.05, 0) is 31.5 Å². The number of carboxylic acids is 1. The van der Waals surface area contributed by atoms with Crippen molar-refractivity contribution in [1.82, 2.24) is 14.8 Å². The maximum atomic E-state index is 12.4. The molecule has 130 valence electrons. The van der Waals surface area contributed by atoms with E-state index in [0.29, 0.717) is 32.5 Å². The third-order valence-electron chi connectivity index (χ3n) is 4.87. The molecule has 2 aliphatic rings. The molecule has 3 rings (SSSR count). The fourth-order valence-electron chi connectivity index (χ4n) is 3.50. The first-order valence-corrected chi connectivity index (χ1v) is 8.56. The van der Waals surface area contributed by atoms with Crippen molar-refractivity contribution in [1.29, 1.82) is 0 Å². The molecule has 0 unspecified atom stereocenters. The highest BCUT2D eigenvalue weighted by Gasteiger charge is 2.31. The summed E-state index contributed by atoms with van der Waals surface area (Å²) in [5, 5.41) is 9.19. The zero-order valence-electron chi connectivity index (χ0n) is 13.8. The highest BCUT2D eigenvalue weighted by molar-refractivity contribution is 5.77. The van der Waals surface area contributed by atoms with Crippen molar-refractivity contribution in [3.8, 4) is 0 Å². The Hall–Kier alpha value is -2.15. The van der Waals surface area contributed by atoms with E-state index in [-0.39, 0.29) is 5.91 Å². The van der Waals surface area contributed by atoms with Crippen molar-refractivity contribution in [2.75, 3.05) is 44.2 Å². The van der Waals surface area contributed by atoms with Crippen LogP contribution in [0.5, 0.6) is 0 Å². The van der Waals surface area contributed by atoms with E-state index in [4.69, 9.17) is 0 Å². The fraction of sp³-hybridized carbons (Fsp3) is 0.588. The molecule has 0 radical (unpaired) electrons. The van der Waals surface area contributed by atoms with Gasteiger partial charge in [0.1, 0.15) is 11.9 Å². The number of aromatic nitrogens is 1. The molecule has 0 saturated carbocycles. The molecule has 7 heteroatoms. The zero-order valence-corrected chi connectivity index (χ0v) is 13.8. The first-order chi connectivity index (χ1) is 11.6. The maximum absolute atomic E-state index is 12.4. The Balaban J connectivity index is 1.45. The number of anilines is 1. The number of aliphatic carboxylic acids is 1. The molecule has 0 aliphatic carbocycles. The van der Waals surface area contributed by atoms with Gasteiger partial charge in [-0.3, -0.25) is 14.5 Å². The number of carboxylic acid groups (broad SMARTS) is 1. The lowest BCUT2D eigenvalue weighted by Gasteiger charge is -2.35. The number of hydrogen-bond donors (Lipinski definition) is 1. The number of piperazine rings is 1. The Labute approximate surface area is 141 Å². The number of amides is 1. The van der Waals surface area contributed by atoms with E-state index in [0.717, 1.165) is 31.9 Å². The average Bonchev–Trinajstić information content (AvgIpc) is 3.09. The van der Waals surface area contributed by atoms with Crippen LogP contribution in [0.3, 0.4) is 0 Å². The lowest BCUT2D eigenvalue weighted by Crippen LogP contribution is -2.49. The quantitative estimate of drug-likeness (QED) is 0.854. The lowest BCUT2D eigenvalue weighted by atomic mass is 10.2. The topological polar surface area (TPSA) is 77.0 Å². The first-order valence-electron chi connectivity index (χ1n) is 8.56. The molecule has 2 aliphatic heterocycles. The summed E-state index contributed by atoms with van der Waals surface area (Å²) in [7, 11) is 0. The Kier molecular flexibility index (Phi) is 5.30. The summed E-state index contributed by atoms with van der Waals surface area (Å²) in [6.07, 6.45) is 3.76. The summed E-state index contributed by atoms with van der Waals surface area (Å²) in [4.78, 5) is 33.9. The van der Waals surface area contributed by atoms with Crippen LogP contribution in [0.25, 0.3) is 0 Å². The number of rotatable bonds is 5. The second-order valence-corrected chi connectivity index (χ2v) is 6.34. The number of hydrogen-bond acceptors (Lipinski definition) is 5. The molecule has 2 fully saturated rings. The van der Waals surface area contributed by atoms with E-state index in [1.54, 1.807) is 6.20 Å². The minimum atomic E-state index is -0.774. The number of carbonyl (C=O) groups is 2. The molecular weight excluding hydrogens is 308 g/mol. The predicted molar refractivity (Wildman–Crippen MR) is 89.9 cm³/mol. The van der Waals surface area contributed by atoms with Crippen LogP contribution in [0.4, 0.5) is 5.82 Å². The molecule has 0 aromatic carbocycles. The summed E-state index contributed by atoms with van der Waals surface area (Å²) >= 11 is 0. The van der Waals surface area contributed by atoms with Crippen molar-refractivity contribution >= 4 is 17.7 Å². The molecule has 24 heavy (non-hydrogen) atoms. The Morgan fingerprint density at radius 1 is 1.17 bits per heavy atom. The van der Waals surface area contributed by atoms with Gasteiger partial charge in [0.05, 0.1) is 0 Å². The molecule has 1 atom stereocenters. The van der Waals surface area contributed by atoms with Crippen molar-refractivity contribution in [2.24, 2.45) is 0 Å². The second-order valence-electron chi connectivity index (χ2n) is 6.34. The van der Waals surface area contributed by atoms with Gasteiger partial charge in [0.15, 0.2) is 0 Å². The molecule has 1 aromatic rings. The molecule has 1 aromatic heterocycles. The number of pyridine rings is 1. The van der Waals surface area contributed by atoms with E-state index in [9.17, 15) is 14.7 Å². The van der Waals surface area contributed by atoms with Gasteiger partial charge in [-0.2, -0.15) is 0 Å². The summed E-state index contributed by atoms with van der Waals surface area (Å²) in [5.74, 6) is 0.293. The standard InChI is InChI=1S/C17H24N4O3/c22-16(6-9-19-8-3-4-14(19)17(23)24)21-12-10-20(11-13-21)15-5-1-2-7-18-15/h1-2,5,7,14H,3-4,6,8-13H2,(H,23,24)/t14-/m1/s1. The summed E-state index contributed by atoms with van der Waals surface area (Å²) < 4.78 is 0. The Morgan fingerprint density at radius 3 is 2.62 bits per heavy atom. The molecule has 1 amide bonds. The Bertz CT molecular complexity index is 572. The SMILES string of the molecule is O=C(O)[C@H]1CCCN1CCC(=O)N1CCN(c2ccccn2)CC1. The van der Waals surface area contributed by atoms with Crippen LogP contribution in [0.1, 0.15) is 19.3 Å². The summed E-state index contributed by atoms with van der Waals surface area (Å²) in [5.41, 5.74) is 0. The maximum Gasteiger partial charge on any atom is 0.320 e. The predicted octanol–water partition coefficient (Wildman–Crippen LogP) is 0.669. The number of nitrogens with zero attached hydrogens (tertiary/aromatic N) is 4. The van der Waals surface area contributed by atoms with Crippen molar-refractivity contribution in [3.05, 3.63) is 24.4 Å². The van der Waals surface area contributed by atoms with Crippen LogP contribution in [0, 0.1) is 0 Å². The molecular formula is C17H24N4O3. The smallest absolute Gasteiger partial charge is 0.320 e. The summed E-state index contributed by atoms with van der Waals surface area (Å²) in [6, 6.07) is 5.43. The summed E-state index contributed by atoms with van der Waals surface area (Å²) in [6.45, 7) is 4.26. The number of carbonyl (C=O) groups excluding carboxylic acids is 1. The molecule has 7 nitrogen and oxygen atoms in total. The van der Waals surface area contributed by atoms with Crippen molar-refractivity contribution in [3.63, 3.8) is 0 Å². The van der Waals surface area contributed by atoms with Crippen LogP contribution in [0.15, 0.2) is 24.4 Å². The van der Waals surface area contributed by atoms with Crippen LogP contribution in [-0.4, -0.2) is 77.1 Å². The van der Waals surface area contributed by atoms with E-state index in [1.807, 2.05) is 28.0 Å². The molecule has 1 N–H and O–H groups in total. The van der Waals surface area contributed by atoms with Gasteiger partial charge in [0, 0.05) is 45.3 Å². The largest absolute Gasteiger partial charge is 0.480 e. The third kappa shape index (κ3) is 3.84. The van der Waals surface area contributed by atoms with E-state index < -0.39 is 12.0 Å². The van der Waals surface area contributed by atoms with E-state index >= 15 is 0 Å². The van der Waals surface area contributed by atoms with Gasteiger partial charge in [-0.15, -0.1) is 0 Å². The molecule has 0 bridgehead atoms. The van der Waals surface area contributed by atoms with Gasteiger partial charge in [0.2, 0.25) is 5.91 Å². The van der Waals surface area contributed by atoms with Gasteiger partial charge in [-0.1, -0.05) is 6.07 Å². The molecule has 0 spiro atoms. The van der Waals surface area contributed by atoms with Gasteiger partial charge < -0.3 is 14.9 Å². The van der Waals surface area contributed by atoms with Gasteiger partial charge in [0.25, 0.3) is 0 Å². The third-order valence-corrected chi connectivity index (χ3v) is 4.87. The monoisotopic (exact) mass is 332 g/mol. The van der Waals surface area contributed by atoms with E-state index in [2.05, 4.69) is 9.88 Å². The number of likely N-dealkylation sites (tertiary alicyclic amines) is 1. The van der Waals surface area contributed by atoms with E-state index in [1.165, 1.54) is 0 Å². The van der Waals surface area contributed by atoms with Crippen molar-refractivity contribution in [2.45, 2.75) is 25.3 Å². The van der Waals surface area contributed by atoms with Crippen LogP contribution < -0.4 is 4.90 Å². The lowest BCUT2D eigenvalue weighted by molar-refractivity contribution is -0.143. The zero-order chi connectivity index (χ0) is 16.9. The fourth-order valence-corrected chi connectivity index (χ4v) is 3.50. The normalized spacial score (nSPS) is 21.9. The highest BCUT2D eigenvalue weighted by atomic mass is 16.4. The van der Waals surface area contributed by atoms with Crippen LogP contribution >= 0.6 is 0 Å². The van der Waals surface area contributed by atoms with Crippen molar-refractivity contribution < 1.29 is 14.7 Å². The minimum Gasteiger partial charge on any atom is -0.480 e. The van der Waals surface area contributed by atoms with Gasteiger partial charge in [-0.25, -0.2) is 4.98 Å². The average molecular weight is 332 g/mol. The minimum absolute atomic E-state index is 0.117. The Morgan fingerprint density at radius 2 is 1.96 bits per heavy atom.